The maximum Gasteiger partial charge on any atom is 0.180 e. The lowest BCUT2D eigenvalue weighted by Crippen LogP contribution is -2.04. The Morgan fingerprint density at radius 1 is 1.41 bits per heavy atom. The standard InChI is InChI=1S/C12H12N2OS2/c1-16-12-14-11(13)10(17-12)9(15)7-8-5-3-2-4-6-8/h2-6H,7,13H2,1H3. The minimum absolute atomic E-state index is 0.0338. The number of rotatable bonds is 4. The Hall–Kier alpha value is -1.33. The van der Waals surface area contributed by atoms with E-state index in [1.165, 1.54) is 23.1 Å². The van der Waals surface area contributed by atoms with Crippen molar-refractivity contribution in [3.05, 3.63) is 40.8 Å². The number of carbonyl (C=O) groups is 1. The number of benzene rings is 1. The first-order chi connectivity index (χ1) is 8.20. The van der Waals surface area contributed by atoms with Gasteiger partial charge in [0.2, 0.25) is 0 Å². The molecule has 0 fully saturated rings. The highest BCUT2D eigenvalue weighted by atomic mass is 32.2. The fourth-order valence-corrected chi connectivity index (χ4v) is 2.89. The van der Waals surface area contributed by atoms with E-state index in [9.17, 15) is 4.79 Å². The molecule has 0 bridgehead atoms. The average molecular weight is 264 g/mol. The first kappa shape index (κ1) is 12.1. The summed E-state index contributed by atoms with van der Waals surface area (Å²) in [6.07, 6.45) is 2.30. The molecule has 0 unspecified atom stereocenters. The molecule has 0 radical (unpaired) electrons. The highest BCUT2D eigenvalue weighted by Gasteiger charge is 2.15. The molecule has 0 aliphatic carbocycles. The first-order valence-corrected chi connectivity index (χ1v) is 7.12. The van der Waals surface area contributed by atoms with Crippen LogP contribution in [0.25, 0.3) is 0 Å². The van der Waals surface area contributed by atoms with Gasteiger partial charge in [-0.2, -0.15) is 0 Å². The Morgan fingerprint density at radius 2 is 2.12 bits per heavy atom. The maximum atomic E-state index is 12.0. The third kappa shape index (κ3) is 2.87. The topological polar surface area (TPSA) is 56.0 Å². The van der Waals surface area contributed by atoms with Crippen molar-refractivity contribution < 1.29 is 4.79 Å². The monoisotopic (exact) mass is 264 g/mol. The molecule has 2 N–H and O–H groups in total. The van der Waals surface area contributed by atoms with Gasteiger partial charge in [0, 0.05) is 6.42 Å². The molecular weight excluding hydrogens is 252 g/mol. The van der Waals surface area contributed by atoms with Crippen LogP contribution in [0.4, 0.5) is 5.82 Å². The smallest absolute Gasteiger partial charge is 0.180 e. The van der Waals surface area contributed by atoms with Gasteiger partial charge in [0.05, 0.1) is 0 Å². The summed E-state index contributed by atoms with van der Waals surface area (Å²) in [5.74, 6) is 0.381. The van der Waals surface area contributed by atoms with Gasteiger partial charge in [-0.25, -0.2) is 4.98 Å². The number of hydrogen-bond donors (Lipinski definition) is 1. The molecule has 3 nitrogen and oxygen atoms in total. The van der Waals surface area contributed by atoms with E-state index < -0.39 is 0 Å². The number of nitrogens with zero attached hydrogens (tertiary/aromatic N) is 1. The van der Waals surface area contributed by atoms with Crippen molar-refractivity contribution >= 4 is 34.7 Å². The molecule has 0 atom stereocenters. The van der Waals surface area contributed by atoms with E-state index in [0.717, 1.165) is 9.90 Å². The molecule has 17 heavy (non-hydrogen) atoms. The lowest BCUT2D eigenvalue weighted by Gasteiger charge is -1.98. The van der Waals surface area contributed by atoms with Crippen LogP contribution in [0, 0.1) is 0 Å². The Morgan fingerprint density at radius 3 is 2.71 bits per heavy atom. The van der Waals surface area contributed by atoms with Crippen LogP contribution >= 0.6 is 23.1 Å². The summed E-state index contributed by atoms with van der Waals surface area (Å²) < 4.78 is 0.832. The number of carbonyl (C=O) groups excluding carboxylic acids is 1. The maximum absolute atomic E-state index is 12.0. The van der Waals surface area contributed by atoms with Crippen LogP contribution in [0.5, 0.6) is 0 Å². The van der Waals surface area contributed by atoms with Crippen molar-refractivity contribution in [1.29, 1.82) is 0 Å². The molecule has 0 saturated carbocycles. The number of Topliss-reactive ketones (excluding diaryl/α,β-unsaturated/α-hetero) is 1. The Kier molecular flexibility index (Phi) is 3.81. The van der Waals surface area contributed by atoms with E-state index in [2.05, 4.69) is 4.98 Å². The summed E-state index contributed by atoms with van der Waals surface area (Å²) in [5, 5.41) is 0. The lowest BCUT2D eigenvalue weighted by atomic mass is 10.1. The van der Waals surface area contributed by atoms with Gasteiger partial charge < -0.3 is 5.73 Å². The van der Waals surface area contributed by atoms with Crippen LogP contribution in [0.1, 0.15) is 15.2 Å². The third-order valence-electron chi connectivity index (χ3n) is 2.27. The second kappa shape index (κ2) is 5.33. The SMILES string of the molecule is CSc1nc(N)c(C(=O)Cc2ccccc2)s1. The van der Waals surface area contributed by atoms with Gasteiger partial charge in [-0.1, -0.05) is 42.1 Å². The van der Waals surface area contributed by atoms with Gasteiger partial charge in [-0.05, 0) is 11.8 Å². The van der Waals surface area contributed by atoms with Crippen LogP contribution in [0.3, 0.4) is 0 Å². The van der Waals surface area contributed by atoms with Gasteiger partial charge in [0.1, 0.15) is 10.7 Å². The minimum Gasteiger partial charge on any atom is -0.382 e. The Balaban J connectivity index is 2.17. The lowest BCUT2D eigenvalue weighted by molar-refractivity contribution is 0.0997. The molecule has 1 aromatic carbocycles. The van der Waals surface area contributed by atoms with E-state index in [1.54, 1.807) is 0 Å². The average Bonchev–Trinajstić information content (AvgIpc) is 2.72. The number of hydrogen-bond acceptors (Lipinski definition) is 5. The summed E-state index contributed by atoms with van der Waals surface area (Å²) >= 11 is 2.87. The highest BCUT2D eigenvalue weighted by Crippen LogP contribution is 2.28. The number of ketones is 1. The van der Waals surface area contributed by atoms with Crippen LogP contribution in [0.2, 0.25) is 0 Å². The van der Waals surface area contributed by atoms with Crippen molar-refractivity contribution in [3.63, 3.8) is 0 Å². The third-order valence-corrected chi connectivity index (χ3v) is 4.37. The normalized spacial score (nSPS) is 10.4. The van der Waals surface area contributed by atoms with E-state index in [4.69, 9.17) is 5.73 Å². The van der Waals surface area contributed by atoms with Gasteiger partial charge in [0.15, 0.2) is 10.1 Å². The van der Waals surface area contributed by atoms with E-state index in [1.807, 2.05) is 36.6 Å². The molecule has 1 aromatic heterocycles. The number of anilines is 1. The molecular formula is C12H12N2OS2. The zero-order chi connectivity index (χ0) is 12.3. The molecule has 0 amide bonds. The predicted octanol–water partition coefficient (Wildman–Crippen LogP) is 2.87. The largest absolute Gasteiger partial charge is 0.382 e. The zero-order valence-electron chi connectivity index (χ0n) is 9.34. The fourth-order valence-electron chi connectivity index (χ4n) is 1.46. The van der Waals surface area contributed by atoms with Crippen LogP contribution in [-0.4, -0.2) is 17.0 Å². The van der Waals surface area contributed by atoms with E-state index in [-0.39, 0.29) is 5.78 Å². The molecule has 0 saturated heterocycles. The quantitative estimate of drug-likeness (QED) is 0.681. The van der Waals surface area contributed by atoms with E-state index in [0.29, 0.717) is 17.1 Å². The molecule has 2 aromatic rings. The first-order valence-electron chi connectivity index (χ1n) is 5.08. The molecule has 2 rings (SSSR count). The summed E-state index contributed by atoms with van der Waals surface area (Å²) in [7, 11) is 0. The molecule has 0 aliphatic rings. The molecule has 88 valence electrons. The van der Waals surface area contributed by atoms with Crippen molar-refractivity contribution in [2.45, 2.75) is 10.8 Å². The van der Waals surface area contributed by atoms with E-state index >= 15 is 0 Å². The van der Waals surface area contributed by atoms with Gasteiger partial charge >= 0.3 is 0 Å². The zero-order valence-corrected chi connectivity index (χ0v) is 11.0. The van der Waals surface area contributed by atoms with Crippen LogP contribution < -0.4 is 5.73 Å². The van der Waals surface area contributed by atoms with Crippen molar-refractivity contribution in [2.75, 3.05) is 12.0 Å². The number of aromatic nitrogens is 1. The number of thiazole rings is 1. The molecule has 5 heteroatoms. The molecule has 0 aliphatic heterocycles. The molecule has 0 spiro atoms. The van der Waals surface area contributed by atoms with Crippen molar-refractivity contribution in [3.8, 4) is 0 Å². The fraction of sp³-hybridized carbons (Fsp3) is 0.167. The number of nitrogens with two attached hydrogens (primary N) is 1. The Labute approximate surface area is 108 Å². The van der Waals surface area contributed by atoms with Crippen molar-refractivity contribution in [1.82, 2.24) is 4.98 Å². The second-order valence-corrected chi connectivity index (χ2v) is 5.54. The summed E-state index contributed by atoms with van der Waals surface area (Å²) in [6.45, 7) is 0. The summed E-state index contributed by atoms with van der Waals surface area (Å²) in [5.41, 5.74) is 6.73. The Bertz CT molecular complexity index is 523. The second-order valence-electron chi connectivity index (χ2n) is 3.48. The van der Waals surface area contributed by atoms with Gasteiger partial charge in [-0.15, -0.1) is 11.3 Å². The van der Waals surface area contributed by atoms with Crippen LogP contribution in [-0.2, 0) is 6.42 Å². The number of thioether (sulfide) groups is 1. The van der Waals surface area contributed by atoms with Crippen molar-refractivity contribution in [2.24, 2.45) is 0 Å². The van der Waals surface area contributed by atoms with Gasteiger partial charge in [0.25, 0.3) is 0 Å². The summed E-state index contributed by atoms with van der Waals surface area (Å²) in [4.78, 5) is 16.7. The van der Waals surface area contributed by atoms with Gasteiger partial charge in [-0.3, -0.25) is 4.79 Å². The number of nitrogen functional groups attached to an aromatic ring is 1. The highest BCUT2D eigenvalue weighted by molar-refractivity contribution is 8.00. The molecule has 1 heterocycles. The summed E-state index contributed by atoms with van der Waals surface area (Å²) in [6, 6.07) is 9.65. The minimum atomic E-state index is 0.0338. The predicted molar refractivity (Wildman–Crippen MR) is 72.8 cm³/mol. The van der Waals surface area contributed by atoms with Crippen LogP contribution in [0.15, 0.2) is 34.7 Å².